The number of amides is 1. The predicted octanol–water partition coefficient (Wildman–Crippen LogP) is 5.74. The Kier molecular flexibility index (Phi) is 8.63. The van der Waals surface area contributed by atoms with Crippen LogP contribution >= 0.6 is 11.3 Å². The molecule has 0 spiro atoms. The van der Waals surface area contributed by atoms with Crippen molar-refractivity contribution >= 4 is 28.2 Å². The molecule has 0 aromatic carbocycles. The van der Waals surface area contributed by atoms with E-state index in [2.05, 4.69) is 19.2 Å². The summed E-state index contributed by atoms with van der Waals surface area (Å²) in [5, 5.41) is 3.79. The van der Waals surface area contributed by atoms with Crippen LogP contribution in [0.4, 0.5) is 5.00 Å². The highest BCUT2D eigenvalue weighted by atomic mass is 32.1. The number of thiophene rings is 1. The lowest BCUT2D eigenvalue weighted by Crippen LogP contribution is -2.23. The van der Waals surface area contributed by atoms with Crippen molar-refractivity contribution in [3.8, 4) is 0 Å². The van der Waals surface area contributed by atoms with Gasteiger partial charge in [0, 0.05) is 10.8 Å². The van der Waals surface area contributed by atoms with E-state index in [4.69, 9.17) is 4.74 Å². The van der Waals surface area contributed by atoms with Gasteiger partial charge in [0.15, 0.2) is 0 Å². The molecule has 1 N–H and O–H groups in total. The first-order valence-corrected chi connectivity index (χ1v) is 11.1. The molecule has 4 nitrogen and oxygen atoms in total. The van der Waals surface area contributed by atoms with Crippen molar-refractivity contribution in [2.24, 2.45) is 5.92 Å². The van der Waals surface area contributed by atoms with E-state index in [1.54, 1.807) is 11.3 Å². The zero-order valence-electron chi connectivity index (χ0n) is 16.5. The second-order valence-corrected chi connectivity index (χ2v) is 8.18. The number of carbonyl (C=O) groups excluding carboxylic acids is 2. The second-order valence-electron chi connectivity index (χ2n) is 7.08. The molecule has 0 saturated heterocycles. The van der Waals surface area contributed by atoms with Crippen LogP contribution in [-0.4, -0.2) is 18.5 Å². The molecule has 146 valence electrons. The smallest absolute Gasteiger partial charge is 0.341 e. The highest BCUT2D eigenvalue weighted by Gasteiger charge is 2.27. The number of nitrogens with one attached hydrogen (secondary N) is 1. The summed E-state index contributed by atoms with van der Waals surface area (Å²) >= 11 is 1.59. The van der Waals surface area contributed by atoms with Crippen LogP contribution < -0.4 is 5.32 Å². The van der Waals surface area contributed by atoms with Crippen molar-refractivity contribution in [3.63, 3.8) is 0 Å². The number of esters is 1. The molecule has 0 fully saturated rings. The standard InChI is InChI=1S/C21H33NO3S/c1-4-7-12-15(5-2)19(23)22-20-18(21(24)25-6-3)16-13-10-8-9-11-14-17(16)26-20/h15H,4-14H2,1-3H3,(H,22,23). The summed E-state index contributed by atoms with van der Waals surface area (Å²) in [5.41, 5.74) is 1.73. The molecular weight excluding hydrogens is 346 g/mol. The van der Waals surface area contributed by atoms with E-state index in [0.717, 1.165) is 56.9 Å². The van der Waals surface area contributed by atoms with Gasteiger partial charge in [0.1, 0.15) is 5.00 Å². The Labute approximate surface area is 161 Å². The van der Waals surface area contributed by atoms with Crippen LogP contribution in [0.5, 0.6) is 0 Å². The fourth-order valence-corrected chi connectivity index (χ4v) is 4.89. The van der Waals surface area contributed by atoms with E-state index >= 15 is 0 Å². The molecule has 1 atom stereocenters. The van der Waals surface area contributed by atoms with Crippen LogP contribution in [0.25, 0.3) is 0 Å². The Morgan fingerprint density at radius 1 is 1.12 bits per heavy atom. The fourth-order valence-electron chi connectivity index (χ4n) is 3.61. The Morgan fingerprint density at radius 3 is 2.50 bits per heavy atom. The van der Waals surface area contributed by atoms with Gasteiger partial charge in [-0.3, -0.25) is 4.79 Å². The monoisotopic (exact) mass is 379 g/mol. The summed E-state index contributed by atoms with van der Waals surface area (Å²) in [7, 11) is 0. The van der Waals surface area contributed by atoms with Crippen molar-refractivity contribution in [3.05, 3.63) is 16.0 Å². The number of hydrogen-bond acceptors (Lipinski definition) is 4. The van der Waals surface area contributed by atoms with Gasteiger partial charge in [0.25, 0.3) is 0 Å². The molecule has 0 bridgehead atoms. The molecule has 26 heavy (non-hydrogen) atoms. The quantitative estimate of drug-likeness (QED) is 0.586. The van der Waals surface area contributed by atoms with E-state index in [-0.39, 0.29) is 17.8 Å². The minimum Gasteiger partial charge on any atom is -0.462 e. The molecule has 1 amide bonds. The molecule has 0 saturated carbocycles. The van der Waals surface area contributed by atoms with Crippen molar-refractivity contribution in [2.45, 2.75) is 85.0 Å². The molecule has 1 aromatic rings. The SMILES string of the molecule is CCCCC(CC)C(=O)Nc1sc2c(c1C(=O)OCC)CCCCCC2. The van der Waals surface area contributed by atoms with Gasteiger partial charge in [-0.2, -0.15) is 0 Å². The largest absolute Gasteiger partial charge is 0.462 e. The summed E-state index contributed by atoms with van der Waals surface area (Å²) in [6, 6.07) is 0. The number of carbonyl (C=O) groups is 2. The molecule has 1 heterocycles. The van der Waals surface area contributed by atoms with Crippen LogP contribution in [0.2, 0.25) is 0 Å². The van der Waals surface area contributed by atoms with E-state index in [1.807, 2.05) is 6.92 Å². The first-order chi connectivity index (χ1) is 12.6. The summed E-state index contributed by atoms with van der Waals surface area (Å²) in [4.78, 5) is 26.7. The van der Waals surface area contributed by atoms with Crippen LogP contribution in [0.15, 0.2) is 0 Å². The number of anilines is 1. The highest BCUT2D eigenvalue weighted by molar-refractivity contribution is 7.17. The minimum atomic E-state index is -0.289. The van der Waals surface area contributed by atoms with Crippen LogP contribution in [0, 0.1) is 5.92 Å². The van der Waals surface area contributed by atoms with Gasteiger partial charge in [0.2, 0.25) is 5.91 Å². The van der Waals surface area contributed by atoms with Crippen molar-refractivity contribution in [2.75, 3.05) is 11.9 Å². The lowest BCUT2D eigenvalue weighted by atomic mass is 9.96. The van der Waals surface area contributed by atoms with Crippen LogP contribution in [0.1, 0.15) is 92.9 Å². The molecular formula is C21H33NO3S. The van der Waals surface area contributed by atoms with E-state index < -0.39 is 0 Å². The molecule has 0 aliphatic heterocycles. The average molecular weight is 380 g/mol. The summed E-state index contributed by atoms with van der Waals surface area (Å²) in [6.45, 7) is 6.37. The lowest BCUT2D eigenvalue weighted by Gasteiger charge is -2.15. The molecule has 1 aromatic heterocycles. The maximum Gasteiger partial charge on any atom is 0.341 e. The molecule has 0 radical (unpaired) electrons. The summed E-state index contributed by atoms with van der Waals surface area (Å²) < 4.78 is 5.31. The number of aryl methyl sites for hydroxylation is 1. The van der Waals surface area contributed by atoms with Gasteiger partial charge >= 0.3 is 5.97 Å². The fraction of sp³-hybridized carbons (Fsp3) is 0.714. The molecule has 1 aliphatic carbocycles. The third kappa shape index (κ3) is 5.32. The highest BCUT2D eigenvalue weighted by Crippen LogP contribution is 2.38. The second kappa shape index (κ2) is 10.7. The molecule has 2 rings (SSSR count). The van der Waals surface area contributed by atoms with Crippen LogP contribution in [0.3, 0.4) is 0 Å². The Morgan fingerprint density at radius 2 is 1.85 bits per heavy atom. The molecule has 1 unspecified atom stereocenters. The summed E-state index contributed by atoms with van der Waals surface area (Å²) in [6.07, 6.45) is 10.5. The Balaban J connectivity index is 2.29. The number of ether oxygens (including phenoxy) is 1. The third-order valence-corrected chi connectivity index (χ3v) is 6.36. The lowest BCUT2D eigenvalue weighted by molar-refractivity contribution is -0.120. The zero-order valence-corrected chi connectivity index (χ0v) is 17.3. The van der Waals surface area contributed by atoms with E-state index in [1.165, 1.54) is 17.7 Å². The number of unbranched alkanes of at least 4 members (excludes halogenated alkanes) is 1. The van der Waals surface area contributed by atoms with E-state index in [0.29, 0.717) is 17.2 Å². The number of fused-ring (bicyclic) bond motifs is 1. The maximum atomic E-state index is 12.8. The van der Waals surface area contributed by atoms with E-state index in [9.17, 15) is 9.59 Å². The zero-order chi connectivity index (χ0) is 18.9. The first kappa shape index (κ1) is 20.9. The molecule has 1 aliphatic rings. The van der Waals surface area contributed by atoms with Crippen molar-refractivity contribution in [1.82, 2.24) is 0 Å². The van der Waals surface area contributed by atoms with Gasteiger partial charge in [-0.1, -0.05) is 39.5 Å². The van der Waals surface area contributed by atoms with Gasteiger partial charge in [-0.25, -0.2) is 4.79 Å². The van der Waals surface area contributed by atoms with Gasteiger partial charge in [-0.15, -0.1) is 11.3 Å². The molecule has 5 heteroatoms. The van der Waals surface area contributed by atoms with Gasteiger partial charge in [0.05, 0.1) is 12.2 Å². The maximum absolute atomic E-state index is 12.8. The van der Waals surface area contributed by atoms with Crippen molar-refractivity contribution in [1.29, 1.82) is 0 Å². The minimum absolute atomic E-state index is 0.00896. The third-order valence-electron chi connectivity index (χ3n) is 5.16. The van der Waals surface area contributed by atoms with Gasteiger partial charge < -0.3 is 10.1 Å². The number of hydrogen-bond donors (Lipinski definition) is 1. The topological polar surface area (TPSA) is 55.4 Å². The Bertz CT molecular complexity index is 609. The van der Waals surface area contributed by atoms with Gasteiger partial charge in [-0.05, 0) is 51.0 Å². The first-order valence-electron chi connectivity index (χ1n) is 10.2. The Hall–Kier alpha value is -1.36. The predicted molar refractivity (Wildman–Crippen MR) is 108 cm³/mol. The number of rotatable bonds is 8. The van der Waals surface area contributed by atoms with Crippen LogP contribution in [-0.2, 0) is 22.4 Å². The van der Waals surface area contributed by atoms with Crippen molar-refractivity contribution < 1.29 is 14.3 Å². The average Bonchev–Trinajstić information content (AvgIpc) is 2.92. The normalized spacial score (nSPS) is 15.5. The summed E-state index contributed by atoms with van der Waals surface area (Å²) in [5.74, 6) is -0.238.